The Kier molecular flexibility index (Phi) is 5.44. The molecule has 0 aromatic heterocycles. The Labute approximate surface area is 152 Å². The molecule has 4 heteroatoms. The first kappa shape index (κ1) is 17.4. The van der Waals surface area contributed by atoms with Gasteiger partial charge in [0.25, 0.3) is 0 Å². The van der Waals surface area contributed by atoms with Gasteiger partial charge in [-0.05, 0) is 73.2 Å². The van der Waals surface area contributed by atoms with E-state index in [-0.39, 0.29) is 5.78 Å². The summed E-state index contributed by atoms with van der Waals surface area (Å²) in [5.41, 5.74) is 1.60. The molecule has 0 unspecified atom stereocenters. The average Bonchev–Trinajstić information content (AvgIpc) is 2.66. The van der Waals surface area contributed by atoms with Gasteiger partial charge in [0, 0.05) is 12.0 Å². The van der Waals surface area contributed by atoms with Crippen molar-refractivity contribution in [3.8, 4) is 23.0 Å². The number of ketones is 1. The Morgan fingerprint density at radius 3 is 1.50 bits per heavy atom. The van der Waals surface area contributed by atoms with E-state index in [0.29, 0.717) is 35.0 Å². The first-order chi connectivity index (χ1) is 12.6. The summed E-state index contributed by atoms with van der Waals surface area (Å²) in [7, 11) is 0. The van der Waals surface area contributed by atoms with Crippen LogP contribution in [0, 0.1) is 0 Å². The number of hydrogen-bond acceptors (Lipinski definition) is 4. The number of aldehydes is 1. The molecule has 0 amide bonds. The van der Waals surface area contributed by atoms with E-state index >= 15 is 0 Å². The Balaban J connectivity index is 1.62. The lowest BCUT2D eigenvalue weighted by atomic mass is 10.1. The summed E-state index contributed by atoms with van der Waals surface area (Å²) in [6.07, 6.45) is 1.28. The molecule has 3 aromatic carbocycles. The van der Waals surface area contributed by atoms with Crippen LogP contribution in [0.1, 0.15) is 22.8 Å². The van der Waals surface area contributed by atoms with Crippen LogP contribution >= 0.6 is 0 Å². The van der Waals surface area contributed by atoms with Crippen molar-refractivity contribution in [2.24, 2.45) is 0 Å². The number of carbonyl (C=O) groups is 2. The molecular formula is C22H18O4. The SMILES string of the molecule is CC(=O)c1ccc(Oc2ccc(Oc3ccc(CC=O)cc3)cc2)cc1. The second-order valence-electron chi connectivity index (χ2n) is 5.77. The van der Waals surface area contributed by atoms with Gasteiger partial charge in [0.15, 0.2) is 5.78 Å². The van der Waals surface area contributed by atoms with E-state index < -0.39 is 0 Å². The van der Waals surface area contributed by atoms with E-state index in [9.17, 15) is 9.59 Å². The van der Waals surface area contributed by atoms with E-state index in [1.807, 2.05) is 48.5 Å². The van der Waals surface area contributed by atoms with Crippen LogP contribution < -0.4 is 9.47 Å². The van der Waals surface area contributed by atoms with Crippen LogP contribution in [0.3, 0.4) is 0 Å². The molecule has 0 saturated carbocycles. The Hall–Kier alpha value is -3.40. The van der Waals surface area contributed by atoms with Crippen molar-refractivity contribution in [1.29, 1.82) is 0 Å². The maximum absolute atomic E-state index is 11.3. The van der Waals surface area contributed by atoms with Crippen molar-refractivity contribution >= 4 is 12.1 Å². The predicted molar refractivity (Wildman–Crippen MR) is 99.2 cm³/mol. The second-order valence-corrected chi connectivity index (χ2v) is 5.77. The minimum atomic E-state index is 0.0252. The summed E-state index contributed by atoms with van der Waals surface area (Å²) in [5.74, 6) is 2.75. The number of rotatable bonds is 7. The summed E-state index contributed by atoms with van der Waals surface area (Å²) in [6, 6.07) is 21.7. The van der Waals surface area contributed by atoms with Gasteiger partial charge in [0.1, 0.15) is 29.3 Å². The van der Waals surface area contributed by atoms with Crippen molar-refractivity contribution in [1.82, 2.24) is 0 Å². The topological polar surface area (TPSA) is 52.6 Å². The van der Waals surface area contributed by atoms with Gasteiger partial charge in [-0.1, -0.05) is 12.1 Å². The van der Waals surface area contributed by atoms with Gasteiger partial charge in [-0.15, -0.1) is 0 Å². The molecule has 130 valence electrons. The lowest BCUT2D eigenvalue weighted by Gasteiger charge is -2.09. The number of Topliss-reactive ketones (excluding diaryl/α,β-unsaturated/α-hetero) is 1. The zero-order chi connectivity index (χ0) is 18.4. The minimum absolute atomic E-state index is 0.0252. The van der Waals surface area contributed by atoms with Crippen LogP contribution in [-0.4, -0.2) is 12.1 Å². The minimum Gasteiger partial charge on any atom is -0.457 e. The number of hydrogen-bond donors (Lipinski definition) is 0. The zero-order valence-corrected chi connectivity index (χ0v) is 14.3. The van der Waals surface area contributed by atoms with Crippen LogP contribution in [-0.2, 0) is 11.2 Å². The third-order valence-electron chi connectivity index (χ3n) is 3.80. The largest absolute Gasteiger partial charge is 0.457 e. The van der Waals surface area contributed by atoms with Crippen molar-refractivity contribution in [3.63, 3.8) is 0 Å². The van der Waals surface area contributed by atoms with Gasteiger partial charge in [-0.25, -0.2) is 0 Å². The molecule has 0 radical (unpaired) electrons. The van der Waals surface area contributed by atoms with Crippen LogP contribution in [0.5, 0.6) is 23.0 Å². The van der Waals surface area contributed by atoms with Crippen LogP contribution in [0.4, 0.5) is 0 Å². The zero-order valence-electron chi connectivity index (χ0n) is 14.3. The summed E-state index contributed by atoms with van der Waals surface area (Å²) in [6.45, 7) is 1.53. The second kappa shape index (κ2) is 8.12. The van der Waals surface area contributed by atoms with E-state index in [2.05, 4.69) is 0 Å². The highest BCUT2D eigenvalue weighted by Gasteiger charge is 2.03. The molecule has 0 N–H and O–H groups in total. The molecule has 0 spiro atoms. The van der Waals surface area contributed by atoms with E-state index in [4.69, 9.17) is 9.47 Å². The van der Waals surface area contributed by atoms with Gasteiger partial charge < -0.3 is 14.3 Å². The van der Waals surface area contributed by atoms with Crippen molar-refractivity contribution in [2.75, 3.05) is 0 Å². The van der Waals surface area contributed by atoms with Gasteiger partial charge in [0.05, 0.1) is 0 Å². The molecule has 0 aliphatic carbocycles. The van der Waals surface area contributed by atoms with E-state index in [0.717, 1.165) is 11.8 Å². The third kappa shape index (κ3) is 4.57. The monoisotopic (exact) mass is 346 g/mol. The lowest BCUT2D eigenvalue weighted by Crippen LogP contribution is -1.91. The summed E-state index contributed by atoms with van der Waals surface area (Å²) in [5, 5.41) is 0. The first-order valence-electron chi connectivity index (χ1n) is 8.23. The van der Waals surface area contributed by atoms with Crippen LogP contribution in [0.2, 0.25) is 0 Å². The van der Waals surface area contributed by atoms with Crippen molar-refractivity contribution < 1.29 is 19.1 Å². The van der Waals surface area contributed by atoms with Crippen molar-refractivity contribution in [3.05, 3.63) is 83.9 Å². The highest BCUT2D eigenvalue weighted by atomic mass is 16.5. The van der Waals surface area contributed by atoms with Crippen LogP contribution in [0.25, 0.3) is 0 Å². The molecule has 0 heterocycles. The molecule has 0 atom stereocenters. The quantitative estimate of drug-likeness (QED) is 0.435. The molecule has 4 nitrogen and oxygen atoms in total. The summed E-state index contributed by atoms with van der Waals surface area (Å²) >= 11 is 0. The average molecular weight is 346 g/mol. The molecule has 3 aromatic rings. The summed E-state index contributed by atoms with van der Waals surface area (Å²) in [4.78, 5) is 21.8. The van der Waals surface area contributed by atoms with E-state index in [1.54, 1.807) is 24.3 Å². The maximum atomic E-state index is 11.3. The molecule has 26 heavy (non-hydrogen) atoms. The normalized spacial score (nSPS) is 10.2. The highest BCUT2D eigenvalue weighted by Crippen LogP contribution is 2.27. The van der Waals surface area contributed by atoms with Crippen molar-refractivity contribution in [2.45, 2.75) is 13.3 Å². The lowest BCUT2D eigenvalue weighted by molar-refractivity contribution is -0.107. The first-order valence-corrected chi connectivity index (χ1v) is 8.23. The maximum Gasteiger partial charge on any atom is 0.159 e. The molecule has 0 saturated heterocycles. The molecule has 0 aliphatic rings. The van der Waals surface area contributed by atoms with Gasteiger partial charge >= 0.3 is 0 Å². The number of ether oxygens (including phenoxy) is 2. The molecular weight excluding hydrogens is 328 g/mol. The number of benzene rings is 3. The fourth-order valence-corrected chi connectivity index (χ4v) is 2.40. The molecule has 0 aliphatic heterocycles. The van der Waals surface area contributed by atoms with Gasteiger partial charge in [0.2, 0.25) is 0 Å². The van der Waals surface area contributed by atoms with E-state index in [1.165, 1.54) is 6.92 Å². The molecule has 3 rings (SSSR count). The number of carbonyl (C=O) groups excluding carboxylic acids is 2. The highest BCUT2D eigenvalue weighted by molar-refractivity contribution is 5.94. The smallest absolute Gasteiger partial charge is 0.159 e. The summed E-state index contributed by atoms with van der Waals surface area (Å²) < 4.78 is 11.5. The Bertz CT molecular complexity index is 879. The van der Waals surface area contributed by atoms with Gasteiger partial charge in [-0.2, -0.15) is 0 Å². The fraction of sp³-hybridized carbons (Fsp3) is 0.0909. The Morgan fingerprint density at radius 2 is 1.12 bits per heavy atom. The fourth-order valence-electron chi connectivity index (χ4n) is 2.40. The third-order valence-corrected chi connectivity index (χ3v) is 3.80. The van der Waals surface area contributed by atoms with Crippen LogP contribution in [0.15, 0.2) is 72.8 Å². The standard InChI is InChI=1S/C22H18O4/c1-16(24)18-4-8-20(9-5-18)26-22-12-10-21(11-13-22)25-19-6-2-17(3-7-19)14-15-23/h2-13,15H,14H2,1H3. The van der Waals surface area contributed by atoms with Gasteiger partial charge in [-0.3, -0.25) is 4.79 Å². The molecule has 0 fully saturated rings. The predicted octanol–water partition coefficient (Wildman–Crippen LogP) is 5.22. The molecule has 0 bridgehead atoms. The Morgan fingerprint density at radius 1 is 0.731 bits per heavy atom.